The second-order valence-corrected chi connectivity index (χ2v) is 10.3. The van der Waals surface area contributed by atoms with Crippen molar-refractivity contribution in [3.63, 3.8) is 0 Å². The molecule has 1 N–H and O–H groups in total. The lowest BCUT2D eigenvalue weighted by molar-refractivity contribution is -0.149. The number of fused-ring (bicyclic) bond motifs is 2. The van der Waals surface area contributed by atoms with Gasteiger partial charge in [0.05, 0.1) is 30.9 Å². The number of piperidine rings is 1. The number of carbonyl (C=O) groups is 3. The summed E-state index contributed by atoms with van der Waals surface area (Å²) in [6, 6.07) is 5.64. The third-order valence-electron chi connectivity index (χ3n) is 8.15. The van der Waals surface area contributed by atoms with Crippen LogP contribution in [0.3, 0.4) is 0 Å². The highest BCUT2D eigenvalue weighted by atomic mass is 16.5. The first kappa shape index (κ1) is 24.0. The summed E-state index contributed by atoms with van der Waals surface area (Å²) < 4.78 is 6.57. The Morgan fingerprint density at radius 2 is 2.09 bits per heavy atom. The van der Waals surface area contributed by atoms with Crippen LogP contribution in [0.5, 0.6) is 0 Å². The van der Waals surface area contributed by atoms with E-state index >= 15 is 0 Å². The maximum atomic E-state index is 13.9. The van der Waals surface area contributed by atoms with Crippen molar-refractivity contribution in [2.45, 2.75) is 69.6 Å². The Kier molecular flexibility index (Phi) is 6.44. The standard InChI is InChI=1S/C27H35N3O5/c1-3-11-30-23-10-9-19(28-12-5-4-8-24(28)32)15-22(23)27(26(30)34)18(2)14-21(35-27)16-25(33)29-13-6-7-20(29)17-31/h3,9-10,15,18,20-21,31H,1,4-8,11-14,16-17H2,2H3/t18-,20+,21-,27+/m1/s1. The van der Waals surface area contributed by atoms with Gasteiger partial charge in [0.1, 0.15) is 0 Å². The fourth-order valence-corrected chi connectivity index (χ4v) is 6.41. The van der Waals surface area contributed by atoms with Gasteiger partial charge < -0.3 is 24.5 Å². The minimum Gasteiger partial charge on any atom is -0.394 e. The number of likely N-dealkylation sites (tertiary alicyclic amines) is 1. The number of benzene rings is 1. The number of rotatable bonds is 6. The van der Waals surface area contributed by atoms with Crippen LogP contribution in [0.2, 0.25) is 0 Å². The van der Waals surface area contributed by atoms with Gasteiger partial charge in [-0.3, -0.25) is 14.4 Å². The second-order valence-electron chi connectivity index (χ2n) is 10.3. The van der Waals surface area contributed by atoms with Crippen molar-refractivity contribution in [2.75, 3.05) is 36.0 Å². The lowest BCUT2D eigenvalue weighted by atomic mass is 9.82. The van der Waals surface area contributed by atoms with Gasteiger partial charge >= 0.3 is 0 Å². The smallest absolute Gasteiger partial charge is 0.264 e. The molecule has 3 fully saturated rings. The first-order chi connectivity index (χ1) is 16.9. The van der Waals surface area contributed by atoms with Crippen molar-refractivity contribution >= 4 is 29.1 Å². The third kappa shape index (κ3) is 3.87. The molecule has 1 aromatic carbocycles. The normalized spacial score (nSPS) is 30.5. The molecule has 0 saturated carbocycles. The highest BCUT2D eigenvalue weighted by molar-refractivity contribution is 6.08. The molecule has 0 unspecified atom stereocenters. The Balaban J connectivity index is 1.46. The molecule has 0 bridgehead atoms. The number of hydrogen-bond acceptors (Lipinski definition) is 5. The lowest BCUT2D eigenvalue weighted by Crippen LogP contribution is -2.44. The number of carbonyl (C=O) groups excluding carboxylic acids is 3. The molecule has 3 saturated heterocycles. The monoisotopic (exact) mass is 481 g/mol. The highest BCUT2D eigenvalue weighted by Gasteiger charge is 2.60. The number of aliphatic hydroxyl groups is 1. The van der Waals surface area contributed by atoms with Crippen LogP contribution in [0.15, 0.2) is 30.9 Å². The summed E-state index contributed by atoms with van der Waals surface area (Å²) in [5.74, 6) is -0.199. The maximum Gasteiger partial charge on any atom is 0.264 e. The molecule has 1 aromatic rings. The lowest BCUT2D eigenvalue weighted by Gasteiger charge is -2.30. The summed E-state index contributed by atoms with van der Waals surface area (Å²) in [6.07, 6.45) is 6.19. The second kappa shape index (κ2) is 9.39. The summed E-state index contributed by atoms with van der Waals surface area (Å²) in [6.45, 7) is 7.49. The van der Waals surface area contributed by atoms with E-state index in [4.69, 9.17) is 4.74 Å². The molecule has 8 heteroatoms. The van der Waals surface area contributed by atoms with Crippen molar-refractivity contribution in [3.05, 3.63) is 36.4 Å². The Morgan fingerprint density at radius 1 is 1.26 bits per heavy atom. The third-order valence-corrected chi connectivity index (χ3v) is 8.15. The van der Waals surface area contributed by atoms with Crippen molar-refractivity contribution in [3.8, 4) is 0 Å². The van der Waals surface area contributed by atoms with E-state index in [1.165, 1.54) is 0 Å². The van der Waals surface area contributed by atoms with Crippen molar-refractivity contribution < 1.29 is 24.2 Å². The van der Waals surface area contributed by atoms with E-state index in [1.54, 1.807) is 20.8 Å². The van der Waals surface area contributed by atoms with Crippen molar-refractivity contribution in [1.29, 1.82) is 0 Å². The van der Waals surface area contributed by atoms with Gasteiger partial charge in [0, 0.05) is 43.2 Å². The van der Waals surface area contributed by atoms with Gasteiger partial charge in [0.2, 0.25) is 11.8 Å². The fourth-order valence-electron chi connectivity index (χ4n) is 6.41. The Labute approximate surface area is 206 Å². The molecule has 4 aliphatic rings. The van der Waals surface area contributed by atoms with Crippen LogP contribution in [-0.2, 0) is 24.7 Å². The van der Waals surface area contributed by atoms with Crippen LogP contribution in [-0.4, -0.2) is 66.1 Å². The number of anilines is 2. The van der Waals surface area contributed by atoms with Crippen molar-refractivity contribution in [1.82, 2.24) is 4.90 Å². The number of aliphatic hydroxyl groups excluding tert-OH is 1. The minimum absolute atomic E-state index is 0.0298. The van der Waals surface area contributed by atoms with Crippen molar-refractivity contribution in [2.24, 2.45) is 5.92 Å². The quantitative estimate of drug-likeness (QED) is 0.631. The maximum absolute atomic E-state index is 13.9. The van der Waals surface area contributed by atoms with E-state index in [1.807, 2.05) is 25.1 Å². The van der Waals surface area contributed by atoms with Crippen LogP contribution in [0.1, 0.15) is 57.4 Å². The van der Waals surface area contributed by atoms with Crippen LogP contribution in [0, 0.1) is 5.92 Å². The summed E-state index contributed by atoms with van der Waals surface area (Å²) >= 11 is 0. The number of amides is 3. The number of ether oxygens (including phenoxy) is 1. The molecular formula is C27H35N3O5. The topological polar surface area (TPSA) is 90.4 Å². The van der Waals surface area contributed by atoms with Gasteiger partial charge in [-0.25, -0.2) is 0 Å². The molecule has 5 rings (SSSR count). The molecule has 4 heterocycles. The van der Waals surface area contributed by atoms with E-state index in [0.29, 0.717) is 32.5 Å². The van der Waals surface area contributed by atoms with Gasteiger partial charge in [-0.1, -0.05) is 13.0 Å². The van der Waals surface area contributed by atoms with E-state index in [0.717, 1.165) is 42.6 Å². The van der Waals surface area contributed by atoms with E-state index < -0.39 is 11.7 Å². The van der Waals surface area contributed by atoms with Crippen LogP contribution in [0.4, 0.5) is 11.4 Å². The molecule has 3 amide bonds. The van der Waals surface area contributed by atoms with Gasteiger partial charge in [0.25, 0.3) is 5.91 Å². The number of hydrogen-bond donors (Lipinski definition) is 1. The fraction of sp³-hybridized carbons (Fsp3) is 0.593. The molecular weight excluding hydrogens is 446 g/mol. The average Bonchev–Trinajstić information content (AvgIpc) is 3.52. The molecule has 1 spiro atoms. The molecule has 0 radical (unpaired) electrons. The largest absolute Gasteiger partial charge is 0.394 e. The summed E-state index contributed by atoms with van der Waals surface area (Å²) in [5.41, 5.74) is 1.16. The molecule has 188 valence electrons. The summed E-state index contributed by atoms with van der Waals surface area (Å²) in [4.78, 5) is 44.8. The van der Waals surface area contributed by atoms with Gasteiger partial charge in [0.15, 0.2) is 5.60 Å². The molecule has 8 nitrogen and oxygen atoms in total. The molecule has 4 aliphatic heterocycles. The molecule has 4 atom stereocenters. The Hall–Kier alpha value is -2.71. The first-order valence-electron chi connectivity index (χ1n) is 12.9. The SMILES string of the molecule is C=CCN1C(=O)[C@@]2(O[C@@H](CC(=O)N3CCC[C@H]3CO)C[C@H]2C)c2cc(N3CCCCC3=O)ccc21. The zero-order chi connectivity index (χ0) is 24.7. The zero-order valence-electron chi connectivity index (χ0n) is 20.4. The van der Waals surface area contributed by atoms with Gasteiger partial charge in [-0.15, -0.1) is 6.58 Å². The summed E-state index contributed by atoms with van der Waals surface area (Å²) in [7, 11) is 0. The zero-order valence-corrected chi connectivity index (χ0v) is 20.4. The average molecular weight is 482 g/mol. The van der Waals surface area contributed by atoms with E-state index in [9.17, 15) is 19.5 Å². The van der Waals surface area contributed by atoms with E-state index in [2.05, 4.69) is 6.58 Å². The summed E-state index contributed by atoms with van der Waals surface area (Å²) in [5, 5.41) is 9.62. The predicted molar refractivity (Wildman–Crippen MR) is 132 cm³/mol. The predicted octanol–water partition coefficient (Wildman–Crippen LogP) is 2.73. The molecule has 0 aliphatic carbocycles. The Morgan fingerprint density at radius 3 is 2.83 bits per heavy atom. The first-order valence-corrected chi connectivity index (χ1v) is 12.9. The van der Waals surface area contributed by atoms with Crippen LogP contribution < -0.4 is 9.80 Å². The van der Waals surface area contributed by atoms with Gasteiger partial charge in [-0.2, -0.15) is 0 Å². The molecule has 35 heavy (non-hydrogen) atoms. The highest BCUT2D eigenvalue weighted by Crippen LogP contribution is 2.54. The Bertz CT molecular complexity index is 1040. The number of nitrogens with zero attached hydrogens (tertiary/aromatic N) is 3. The molecule has 0 aromatic heterocycles. The van der Waals surface area contributed by atoms with Crippen LogP contribution in [0.25, 0.3) is 0 Å². The van der Waals surface area contributed by atoms with Gasteiger partial charge in [-0.05, 0) is 50.3 Å². The minimum atomic E-state index is -1.18. The van der Waals surface area contributed by atoms with Crippen LogP contribution >= 0.6 is 0 Å². The van der Waals surface area contributed by atoms with E-state index in [-0.39, 0.29) is 42.7 Å².